The summed E-state index contributed by atoms with van der Waals surface area (Å²) in [4.78, 5) is 11.6. The third kappa shape index (κ3) is 3.21. The lowest BCUT2D eigenvalue weighted by atomic mass is 9.93. The summed E-state index contributed by atoms with van der Waals surface area (Å²) in [5.74, 6) is -1.77. The Balaban J connectivity index is 2.29. The maximum absolute atomic E-state index is 13.6. The van der Waals surface area contributed by atoms with Crippen LogP contribution in [0, 0.1) is 20.8 Å². The summed E-state index contributed by atoms with van der Waals surface area (Å²) in [6.07, 6.45) is 1.52. The van der Waals surface area contributed by atoms with Crippen molar-refractivity contribution >= 4 is 26.9 Å². The van der Waals surface area contributed by atoms with Gasteiger partial charge in [-0.1, -0.05) is 42.8 Å². The minimum atomic E-state index is -3.87. The Morgan fingerprint density at radius 3 is 2.25 bits per heavy atom. The number of quaternary nitrogens is 1. The van der Waals surface area contributed by atoms with Crippen LogP contribution < -0.4 is 10.8 Å². The first kappa shape index (κ1) is 20.1. The van der Waals surface area contributed by atoms with Gasteiger partial charge in [0.25, 0.3) is 10.0 Å². The topological polar surface area (TPSA) is 107 Å². The molecule has 0 aliphatic heterocycles. The van der Waals surface area contributed by atoms with Crippen LogP contribution in [0.3, 0.4) is 0 Å². The van der Waals surface area contributed by atoms with Crippen LogP contribution >= 0.6 is 0 Å². The molecule has 3 rings (SSSR count). The zero-order valence-electron chi connectivity index (χ0n) is 16.4. The van der Waals surface area contributed by atoms with Crippen molar-refractivity contribution < 1.29 is 24.1 Å². The lowest BCUT2D eigenvalue weighted by Gasteiger charge is -2.17. The average Bonchev–Trinajstić information content (AvgIpc) is 2.99. The van der Waals surface area contributed by atoms with E-state index in [1.165, 1.54) is 10.2 Å². The van der Waals surface area contributed by atoms with Crippen LogP contribution in [0.2, 0.25) is 0 Å². The normalized spacial score (nSPS) is 14.2. The van der Waals surface area contributed by atoms with Gasteiger partial charge < -0.3 is 15.6 Å². The summed E-state index contributed by atoms with van der Waals surface area (Å²) in [6.45, 7) is 7.21. The van der Waals surface area contributed by atoms with Gasteiger partial charge in [0.1, 0.15) is 6.04 Å². The highest BCUT2D eigenvalue weighted by Crippen LogP contribution is 2.33. The maximum atomic E-state index is 13.6. The van der Waals surface area contributed by atoms with E-state index >= 15 is 0 Å². The number of benzene rings is 2. The number of hydrogen-bond donors (Lipinski definition) is 1. The van der Waals surface area contributed by atoms with Gasteiger partial charge in [-0.25, -0.2) is 12.4 Å². The predicted molar refractivity (Wildman–Crippen MR) is 105 cm³/mol. The molecule has 0 aliphatic rings. The minimum absolute atomic E-state index is 0.268. The van der Waals surface area contributed by atoms with E-state index < -0.39 is 28.0 Å². The van der Waals surface area contributed by atoms with Crippen molar-refractivity contribution in [3.63, 3.8) is 0 Å². The Kier molecular flexibility index (Phi) is 5.08. The van der Waals surface area contributed by atoms with E-state index in [2.05, 4.69) is 5.73 Å². The molecule has 6 nitrogen and oxygen atoms in total. The van der Waals surface area contributed by atoms with Gasteiger partial charge in [-0.05, 0) is 43.5 Å². The molecule has 1 aromatic heterocycles. The van der Waals surface area contributed by atoms with Crippen LogP contribution in [-0.2, 0) is 14.8 Å². The molecule has 0 saturated carbocycles. The van der Waals surface area contributed by atoms with Gasteiger partial charge in [-0.2, -0.15) is 0 Å². The predicted octanol–water partition coefficient (Wildman–Crippen LogP) is 1.27. The van der Waals surface area contributed by atoms with Crippen LogP contribution in [0.4, 0.5) is 0 Å². The van der Waals surface area contributed by atoms with Gasteiger partial charge in [0.15, 0.2) is 0 Å². The number of carboxylic acids is 1. The molecule has 148 valence electrons. The van der Waals surface area contributed by atoms with Gasteiger partial charge in [-0.15, -0.1) is 0 Å². The van der Waals surface area contributed by atoms with Gasteiger partial charge in [0.2, 0.25) is 0 Å². The smallest absolute Gasteiger partial charge is 0.268 e. The van der Waals surface area contributed by atoms with Crippen molar-refractivity contribution in [2.24, 2.45) is 0 Å². The quantitative estimate of drug-likeness (QED) is 0.696. The highest BCUT2D eigenvalue weighted by Gasteiger charge is 2.28. The van der Waals surface area contributed by atoms with Crippen molar-refractivity contribution in [3.8, 4) is 0 Å². The average molecular weight is 401 g/mol. The fourth-order valence-electron chi connectivity index (χ4n) is 3.83. The lowest BCUT2D eigenvalue weighted by molar-refractivity contribution is -0.441. The Bertz CT molecular complexity index is 1160. The number of para-hydroxylation sites is 1. The molecular weight excluding hydrogens is 376 g/mol. The van der Waals surface area contributed by atoms with Crippen molar-refractivity contribution in [1.29, 1.82) is 0 Å². The number of aliphatic carboxylic acids is 1. The van der Waals surface area contributed by atoms with E-state index in [-0.39, 0.29) is 4.90 Å². The zero-order valence-corrected chi connectivity index (χ0v) is 17.2. The number of carbonyl (C=O) groups excluding carboxylic acids is 1. The Morgan fingerprint density at radius 2 is 1.68 bits per heavy atom. The molecule has 3 N–H and O–H groups in total. The van der Waals surface area contributed by atoms with E-state index in [0.29, 0.717) is 27.6 Å². The summed E-state index contributed by atoms with van der Waals surface area (Å²) in [7, 11) is -3.87. The second-order valence-corrected chi connectivity index (χ2v) is 9.10. The number of nitrogens with zero attached hydrogens (tertiary/aromatic N) is 1. The standard InChI is InChI=1S/C21H24N2O4S/c1-12-9-13(2)20(14(3)10-12)28(26,27)23-11-17(15(4)19(22)21(24)25)16-7-5-6-8-18(16)23/h5-11,15,19H,22H2,1-4H3,(H,24,25)/t15-,19-/m0/s1. The van der Waals surface area contributed by atoms with Crippen LogP contribution in [0.25, 0.3) is 10.9 Å². The summed E-state index contributed by atoms with van der Waals surface area (Å²) in [6, 6.07) is 9.77. The molecule has 0 spiro atoms. The second-order valence-electron chi connectivity index (χ2n) is 7.34. The van der Waals surface area contributed by atoms with Crippen LogP contribution in [0.5, 0.6) is 0 Å². The van der Waals surface area contributed by atoms with Crippen molar-refractivity contribution in [1.82, 2.24) is 3.97 Å². The van der Waals surface area contributed by atoms with E-state index in [9.17, 15) is 18.3 Å². The molecule has 0 saturated heterocycles. The Hall–Kier alpha value is -2.64. The number of carboxylic acid groups (broad SMARTS) is 1. The molecule has 0 bridgehead atoms. The van der Waals surface area contributed by atoms with Crippen LogP contribution in [0.1, 0.15) is 35.1 Å². The van der Waals surface area contributed by atoms with Crippen LogP contribution in [-0.4, -0.2) is 24.4 Å². The van der Waals surface area contributed by atoms with Gasteiger partial charge in [0.05, 0.1) is 16.4 Å². The van der Waals surface area contributed by atoms with E-state index in [1.807, 2.05) is 19.1 Å². The highest BCUT2D eigenvalue weighted by atomic mass is 32.2. The number of hydrogen-bond acceptors (Lipinski definition) is 4. The minimum Gasteiger partial charge on any atom is -0.544 e. The lowest BCUT2D eigenvalue weighted by Crippen LogP contribution is -2.70. The molecule has 7 heteroatoms. The molecule has 1 heterocycles. The number of rotatable bonds is 5. The molecule has 2 atom stereocenters. The fourth-order valence-corrected chi connectivity index (χ4v) is 5.63. The van der Waals surface area contributed by atoms with E-state index in [1.54, 1.807) is 45.0 Å². The Morgan fingerprint density at radius 1 is 1.11 bits per heavy atom. The third-order valence-corrected chi connectivity index (χ3v) is 7.21. The fraction of sp³-hybridized carbons (Fsp3) is 0.286. The number of fused-ring (bicyclic) bond motifs is 1. The molecule has 0 amide bonds. The largest absolute Gasteiger partial charge is 0.544 e. The molecule has 28 heavy (non-hydrogen) atoms. The number of aryl methyl sites for hydroxylation is 3. The van der Waals surface area contributed by atoms with Gasteiger partial charge >= 0.3 is 0 Å². The van der Waals surface area contributed by atoms with E-state index in [0.717, 1.165) is 5.56 Å². The molecule has 2 aromatic carbocycles. The molecule has 0 radical (unpaired) electrons. The van der Waals surface area contributed by atoms with Crippen LogP contribution in [0.15, 0.2) is 47.5 Å². The molecular formula is C21H24N2O4S. The SMILES string of the molecule is Cc1cc(C)c(S(=O)(=O)n2cc([C@H](C)[C@H]([NH3+])C(=O)[O-])c3ccccc32)c(C)c1. The first-order valence-corrected chi connectivity index (χ1v) is 10.5. The van der Waals surface area contributed by atoms with Gasteiger partial charge in [0, 0.05) is 17.5 Å². The Labute approximate surface area is 164 Å². The molecule has 0 fully saturated rings. The first-order valence-electron chi connectivity index (χ1n) is 9.03. The van der Waals surface area contributed by atoms with Crippen molar-refractivity contribution in [2.45, 2.75) is 44.6 Å². The maximum Gasteiger partial charge on any atom is 0.268 e. The first-order chi connectivity index (χ1) is 13.1. The summed E-state index contributed by atoms with van der Waals surface area (Å²) in [5, 5.41) is 12.0. The second kappa shape index (κ2) is 7.07. The van der Waals surface area contributed by atoms with E-state index in [4.69, 9.17) is 0 Å². The summed E-state index contributed by atoms with van der Waals surface area (Å²) >= 11 is 0. The summed E-state index contributed by atoms with van der Waals surface area (Å²) < 4.78 is 28.4. The molecule has 0 unspecified atom stereocenters. The summed E-state index contributed by atoms with van der Waals surface area (Å²) in [5.41, 5.74) is 7.14. The van der Waals surface area contributed by atoms with Crippen molar-refractivity contribution in [3.05, 3.63) is 64.8 Å². The third-order valence-electron chi connectivity index (χ3n) is 5.23. The number of carbonyl (C=O) groups is 1. The molecule has 0 aliphatic carbocycles. The number of aromatic nitrogens is 1. The van der Waals surface area contributed by atoms with Gasteiger partial charge in [-0.3, -0.25) is 0 Å². The highest BCUT2D eigenvalue weighted by molar-refractivity contribution is 7.90. The molecule has 3 aromatic rings. The monoisotopic (exact) mass is 400 g/mol. The van der Waals surface area contributed by atoms with Crippen molar-refractivity contribution in [2.75, 3.05) is 0 Å². The zero-order chi connectivity index (χ0) is 20.8.